The highest BCUT2D eigenvalue weighted by molar-refractivity contribution is 6.01. The fraction of sp³-hybridized carbons (Fsp3) is 0.160. The van der Waals surface area contributed by atoms with Gasteiger partial charge in [-0.05, 0) is 54.5 Å². The van der Waals surface area contributed by atoms with Gasteiger partial charge >= 0.3 is 0 Å². The van der Waals surface area contributed by atoms with Crippen LogP contribution < -0.4 is 14.8 Å². The van der Waals surface area contributed by atoms with Crippen molar-refractivity contribution in [3.05, 3.63) is 98.9 Å². The van der Waals surface area contributed by atoms with Crippen LogP contribution in [0, 0.1) is 28.4 Å². The molecule has 172 valence electrons. The second-order valence-electron chi connectivity index (χ2n) is 7.28. The second kappa shape index (κ2) is 11.2. The van der Waals surface area contributed by atoms with E-state index in [1.165, 1.54) is 25.3 Å². The summed E-state index contributed by atoms with van der Waals surface area (Å²) in [5.41, 5.74) is 2.57. The van der Waals surface area contributed by atoms with Gasteiger partial charge in [-0.15, -0.1) is 0 Å². The number of rotatable bonds is 9. The summed E-state index contributed by atoms with van der Waals surface area (Å²) in [6, 6.07) is 15.2. The Morgan fingerprint density at radius 2 is 2.09 bits per heavy atom. The SMILES string of the molecule is COc1ccc(C=C(C#N)C(=O)NCc2cccnc2)cc1COc1ccc([N+](=O)[O-])c(C)c1. The number of methoxy groups -OCH3 is 1. The molecular weight excluding hydrogens is 436 g/mol. The summed E-state index contributed by atoms with van der Waals surface area (Å²) in [6.45, 7) is 2.01. The number of hydrogen-bond acceptors (Lipinski definition) is 7. The summed E-state index contributed by atoms with van der Waals surface area (Å²) in [5.74, 6) is 0.537. The Kier molecular flexibility index (Phi) is 7.92. The number of pyridine rings is 1. The Hall–Kier alpha value is -4.71. The highest BCUT2D eigenvalue weighted by Crippen LogP contribution is 2.26. The zero-order valence-electron chi connectivity index (χ0n) is 18.6. The Morgan fingerprint density at radius 3 is 2.74 bits per heavy atom. The van der Waals surface area contributed by atoms with Crippen molar-refractivity contribution in [3.8, 4) is 17.6 Å². The molecule has 0 fully saturated rings. The summed E-state index contributed by atoms with van der Waals surface area (Å²) in [5, 5.41) is 23.2. The normalized spacial score (nSPS) is 10.8. The molecule has 3 rings (SSSR count). The third-order valence-corrected chi connectivity index (χ3v) is 4.92. The molecule has 0 aliphatic rings. The molecule has 0 aliphatic heterocycles. The van der Waals surface area contributed by atoms with Crippen LogP contribution in [-0.2, 0) is 17.9 Å². The van der Waals surface area contributed by atoms with Crippen LogP contribution in [0.2, 0.25) is 0 Å². The van der Waals surface area contributed by atoms with Crippen molar-refractivity contribution in [1.29, 1.82) is 5.26 Å². The first-order chi connectivity index (χ1) is 16.4. The number of nitrogens with one attached hydrogen (secondary N) is 1. The van der Waals surface area contributed by atoms with Crippen LogP contribution in [0.3, 0.4) is 0 Å². The van der Waals surface area contributed by atoms with Gasteiger partial charge in [0, 0.05) is 36.1 Å². The maximum Gasteiger partial charge on any atom is 0.272 e. The van der Waals surface area contributed by atoms with Crippen LogP contribution in [0.15, 0.2) is 66.5 Å². The number of carbonyl (C=O) groups is 1. The Morgan fingerprint density at radius 1 is 1.26 bits per heavy atom. The zero-order chi connectivity index (χ0) is 24.5. The highest BCUT2D eigenvalue weighted by atomic mass is 16.6. The van der Waals surface area contributed by atoms with E-state index in [1.54, 1.807) is 49.6 Å². The highest BCUT2D eigenvalue weighted by Gasteiger charge is 2.13. The molecule has 0 spiro atoms. The number of ether oxygens (including phenoxy) is 2. The van der Waals surface area contributed by atoms with Gasteiger partial charge in [-0.1, -0.05) is 12.1 Å². The van der Waals surface area contributed by atoms with E-state index < -0.39 is 10.8 Å². The van der Waals surface area contributed by atoms with Crippen molar-refractivity contribution in [1.82, 2.24) is 10.3 Å². The van der Waals surface area contributed by atoms with Gasteiger partial charge in [-0.25, -0.2) is 0 Å². The van der Waals surface area contributed by atoms with Crippen molar-refractivity contribution >= 4 is 17.7 Å². The maximum absolute atomic E-state index is 12.5. The first kappa shape index (κ1) is 23.9. The van der Waals surface area contributed by atoms with E-state index >= 15 is 0 Å². The summed E-state index contributed by atoms with van der Waals surface area (Å²) in [7, 11) is 1.52. The van der Waals surface area contributed by atoms with Crippen LogP contribution in [0.25, 0.3) is 6.08 Å². The molecule has 0 radical (unpaired) electrons. The zero-order valence-corrected chi connectivity index (χ0v) is 18.6. The number of aryl methyl sites for hydroxylation is 1. The average Bonchev–Trinajstić information content (AvgIpc) is 2.85. The number of nitro groups is 1. The number of amides is 1. The van der Waals surface area contributed by atoms with E-state index in [0.717, 1.165) is 5.56 Å². The molecule has 34 heavy (non-hydrogen) atoms. The number of nitrogens with zero attached hydrogens (tertiary/aromatic N) is 3. The van der Waals surface area contributed by atoms with Crippen LogP contribution in [0.5, 0.6) is 11.5 Å². The molecule has 0 unspecified atom stereocenters. The summed E-state index contributed by atoms with van der Waals surface area (Å²) in [6.07, 6.45) is 4.76. The first-order valence-electron chi connectivity index (χ1n) is 10.2. The number of carbonyl (C=O) groups excluding carboxylic acids is 1. The molecule has 0 saturated carbocycles. The molecule has 0 atom stereocenters. The van der Waals surface area contributed by atoms with Crippen molar-refractivity contribution in [2.75, 3.05) is 7.11 Å². The van der Waals surface area contributed by atoms with E-state index in [0.29, 0.717) is 28.2 Å². The van der Waals surface area contributed by atoms with E-state index in [9.17, 15) is 20.2 Å². The molecule has 0 bridgehead atoms. The standard InChI is InChI=1S/C25H22N4O5/c1-17-10-22(6-7-23(17)29(31)32)34-16-21-12-18(5-8-24(21)33-2)11-20(13-26)25(30)28-15-19-4-3-9-27-14-19/h3-12,14H,15-16H2,1-2H3,(H,28,30). The minimum atomic E-state index is -0.499. The van der Waals surface area contributed by atoms with Gasteiger partial charge in [0.15, 0.2) is 0 Å². The number of benzene rings is 2. The van der Waals surface area contributed by atoms with Crippen LogP contribution >= 0.6 is 0 Å². The molecule has 9 heteroatoms. The molecule has 1 amide bonds. The molecule has 0 saturated heterocycles. The minimum absolute atomic E-state index is 0.0166. The summed E-state index contributed by atoms with van der Waals surface area (Å²) in [4.78, 5) is 27.0. The Labute approximate surface area is 196 Å². The molecule has 1 N–H and O–H groups in total. The predicted molar refractivity (Wildman–Crippen MR) is 125 cm³/mol. The number of aromatic nitrogens is 1. The largest absolute Gasteiger partial charge is 0.496 e. The fourth-order valence-corrected chi connectivity index (χ4v) is 3.18. The average molecular weight is 458 g/mol. The van der Waals surface area contributed by atoms with E-state index in [1.807, 2.05) is 12.1 Å². The van der Waals surface area contributed by atoms with Crippen LogP contribution in [-0.4, -0.2) is 22.9 Å². The van der Waals surface area contributed by atoms with Gasteiger partial charge in [-0.2, -0.15) is 5.26 Å². The summed E-state index contributed by atoms with van der Waals surface area (Å²) >= 11 is 0. The van der Waals surface area contributed by atoms with Gasteiger partial charge in [0.1, 0.15) is 29.7 Å². The molecular formula is C25H22N4O5. The van der Waals surface area contributed by atoms with Crippen LogP contribution in [0.1, 0.15) is 22.3 Å². The lowest BCUT2D eigenvalue weighted by Gasteiger charge is -2.12. The van der Waals surface area contributed by atoms with E-state index in [-0.39, 0.29) is 24.4 Å². The quantitative estimate of drug-likeness (QED) is 0.221. The molecule has 3 aromatic rings. The predicted octanol–water partition coefficient (Wildman–Crippen LogP) is 4.11. The van der Waals surface area contributed by atoms with Crippen molar-refractivity contribution in [2.24, 2.45) is 0 Å². The lowest BCUT2D eigenvalue weighted by atomic mass is 10.1. The molecule has 0 aliphatic carbocycles. The topological polar surface area (TPSA) is 127 Å². The third-order valence-electron chi connectivity index (χ3n) is 4.92. The summed E-state index contributed by atoms with van der Waals surface area (Å²) < 4.78 is 11.2. The fourth-order valence-electron chi connectivity index (χ4n) is 3.18. The number of nitro benzene ring substituents is 1. The van der Waals surface area contributed by atoms with E-state index in [4.69, 9.17) is 9.47 Å². The van der Waals surface area contributed by atoms with Crippen molar-refractivity contribution < 1.29 is 19.2 Å². The molecule has 1 aromatic heterocycles. The monoisotopic (exact) mass is 458 g/mol. The van der Waals surface area contributed by atoms with Gasteiger partial charge in [0.2, 0.25) is 0 Å². The lowest BCUT2D eigenvalue weighted by molar-refractivity contribution is -0.385. The second-order valence-corrected chi connectivity index (χ2v) is 7.28. The maximum atomic E-state index is 12.5. The van der Waals surface area contributed by atoms with Gasteiger partial charge in [0.05, 0.1) is 12.0 Å². The van der Waals surface area contributed by atoms with E-state index in [2.05, 4.69) is 10.3 Å². The molecule has 9 nitrogen and oxygen atoms in total. The lowest BCUT2D eigenvalue weighted by Crippen LogP contribution is -2.24. The Balaban J connectivity index is 1.74. The number of hydrogen-bond donors (Lipinski definition) is 1. The molecule has 1 heterocycles. The minimum Gasteiger partial charge on any atom is -0.496 e. The first-order valence-corrected chi connectivity index (χ1v) is 10.2. The van der Waals surface area contributed by atoms with Gasteiger partial charge in [-0.3, -0.25) is 19.9 Å². The number of nitriles is 1. The third kappa shape index (κ3) is 6.17. The van der Waals surface area contributed by atoms with Gasteiger partial charge in [0.25, 0.3) is 11.6 Å². The Bertz CT molecular complexity index is 1270. The van der Waals surface area contributed by atoms with Crippen LogP contribution in [0.4, 0.5) is 5.69 Å². The smallest absolute Gasteiger partial charge is 0.272 e. The van der Waals surface area contributed by atoms with Crippen molar-refractivity contribution in [2.45, 2.75) is 20.1 Å². The van der Waals surface area contributed by atoms with Crippen molar-refractivity contribution in [3.63, 3.8) is 0 Å². The molecule has 2 aromatic carbocycles. The van der Waals surface area contributed by atoms with Gasteiger partial charge < -0.3 is 14.8 Å².